The molecule has 5 heteroatoms. The molecule has 0 aliphatic rings. The number of carbonyl (C=O) groups excluding carboxylic acids is 1. The fraction of sp³-hybridized carbons (Fsp3) is 0.267. The van der Waals surface area contributed by atoms with E-state index in [9.17, 15) is 9.18 Å². The Kier molecular flexibility index (Phi) is 4.53. The van der Waals surface area contributed by atoms with Crippen LogP contribution >= 0.6 is 0 Å². The molecule has 0 saturated carbocycles. The first-order valence-corrected chi connectivity index (χ1v) is 6.35. The van der Waals surface area contributed by atoms with Crippen LogP contribution in [0.5, 0.6) is 0 Å². The molecule has 1 aromatic carbocycles. The summed E-state index contributed by atoms with van der Waals surface area (Å²) in [6.45, 7) is 2.22. The number of aliphatic hydroxyl groups excluding tert-OH is 1. The second-order valence-corrected chi connectivity index (χ2v) is 4.67. The lowest BCUT2D eigenvalue weighted by Crippen LogP contribution is -2.29. The SMILES string of the molecule is CC(CO)CNC(=O)c1ccc(-c2ccc(F)cc2)o1. The number of amides is 1. The minimum Gasteiger partial charge on any atom is -0.451 e. The highest BCUT2D eigenvalue weighted by atomic mass is 19.1. The van der Waals surface area contributed by atoms with Crippen LogP contribution in [0.4, 0.5) is 4.39 Å². The molecule has 0 fully saturated rings. The van der Waals surface area contributed by atoms with Crippen molar-refractivity contribution in [3.8, 4) is 11.3 Å². The molecule has 0 spiro atoms. The summed E-state index contributed by atoms with van der Waals surface area (Å²) in [6, 6.07) is 9.07. The minimum absolute atomic E-state index is 0.00881. The van der Waals surface area contributed by atoms with Gasteiger partial charge in [-0.1, -0.05) is 6.92 Å². The smallest absolute Gasteiger partial charge is 0.287 e. The highest BCUT2D eigenvalue weighted by molar-refractivity contribution is 5.92. The average molecular weight is 277 g/mol. The van der Waals surface area contributed by atoms with Gasteiger partial charge in [-0.15, -0.1) is 0 Å². The third-order valence-electron chi connectivity index (χ3n) is 2.88. The number of benzene rings is 1. The van der Waals surface area contributed by atoms with Gasteiger partial charge in [-0.2, -0.15) is 0 Å². The molecule has 1 unspecified atom stereocenters. The van der Waals surface area contributed by atoms with E-state index in [4.69, 9.17) is 9.52 Å². The molecule has 1 atom stereocenters. The van der Waals surface area contributed by atoms with E-state index in [0.29, 0.717) is 17.9 Å². The first-order chi connectivity index (χ1) is 9.60. The summed E-state index contributed by atoms with van der Waals surface area (Å²) in [5.41, 5.74) is 0.703. The molecule has 1 amide bonds. The monoisotopic (exact) mass is 277 g/mol. The third kappa shape index (κ3) is 3.45. The van der Waals surface area contributed by atoms with Crippen LogP contribution in [0.15, 0.2) is 40.8 Å². The molecule has 2 rings (SSSR count). The highest BCUT2D eigenvalue weighted by Crippen LogP contribution is 2.22. The van der Waals surface area contributed by atoms with E-state index in [0.717, 1.165) is 0 Å². The summed E-state index contributed by atoms with van der Waals surface area (Å²) in [5, 5.41) is 11.6. The summed E-state index contributed by atoms with van der Waals surface area (Å²) in [7, 11) is 0. The summed E-state index contributed by atoms with van der Waals surface area (Å²) in [4.78, 5) is 11.8. The van der Waals surface area contributed by atoms with Gasteiger partial charge in [0.05, 0.1) is 0 Å². The predicted molar refractivity (Wildman–Crippen MR) is 72.7 cm³/mol. The number of halogens is 1. The van der Waals surface area contributed by atoms with Crippen LogP contribution in [0.1, 0.15) is 17.5 Å². The van der Waals surface area contributed by atoms with Gasteiger partial charge in [0.25, 0.3) is 5.91 Å². The van der Waals surface area contributed by atoms with Crippen molar-refractivity contribution in [2.75, 3.05) is 13.2 Å². The predicted octanol–water partition coefficient (Wildman–Crippen LogP) is 2.44. The Morgan fingerprint density at radius 3 is 2.65 bits per heavy atom. The Bertz CT molecular complexity index is 577. The van der Waals surface area contributed by atoms with Gasteiger partial charge >= 0.3 is 0 Å². The fourth-order valence-corrected chi connectivity index (χ4v) is 1.65. The van der Waals surface area contributed by atoms with Crippen molar-refractivity contribution in [3.63, 3.8) is 0 Å². The second-order valence-electron chi connectivity index (χ2n) is 4.67. The average Bonchev–Trinajstić information content (AvgIpc) is 2.95. The van der Waals surface area contributed by atoms with Gasteiger partial charge in [-0.05, 0) is 42.3 Å². The number of hydrogen-bond donors (Lipinski definition) is 2. The van der Waals surface area contributed by atoms with Crippen molar-refractivity contribution in [2.45, 2.75) is 6.92 Å². The second kappa shape index (κ2) is 6.34. The van der Waals surface area contributed by atoms with E-state index < -0.39 is 0 Å². The Morgan fingerprint density at radius 2 is 2.00 bits per heavy atom. The minimum atomic E-state index is -0.335. The molecule has 20 heavy (non-hydrogen) atoms. The lowest BCUT2D eigenvalue weighted by Gasteiger charge is -2.07. The normalized spacial score (nSPS) is 12.2. The van der Waals surface area contributed by atoms with Crippen LogP contribution in [-0.2, 0) is 0 Å². The standard InChI is InChI=1S/C15H16FNO3/c1-10(9-18)8-17-15(19)14-7-6-13(20-14)11-2-4-12(16)5-3-11/h2-7,10,18H,8-9H2,1H3,(H,17,19). The first-order valence-electron chi connectivity index (χ1n) is 6.35. The molecule has 0 saturated heterocycles. The lowest BCUT2D eigenvalue weighted by atomic mass is 10.2. The van der Waals surface area contributed by atoms with E-state index in [2.05, 4.69) is 5.32 Å². The number of aliphatic hydroxyl groups is 1. The van der Waals surface area contributed by atoms with E-state index in [1.165, 1.54) is 12.1 Å². The maximum absolute atomic E-state index is 12.8. The first kappa shape index (κ1) is 14.3. The molecule has 1 aromatic heterocycles. The molecule has 106 valence electrons. The van der Waals surface area contributed by atoms with Gasteiger partial charge in [-0.25, -0.2) is 4.39 Å². The van der Waals surface area contributed by atoms with Crippen LogP contribution in [0.2, 0.25) is 0 Å². The third-order valence-corrected chi connectivity index (χ3v) is 2.88. The van der Waals surface area contributed by atoms with Crippen molar-refractivity contribution in [1.29, 1.82) is 0 Å². The van der Waals surface area contributed by atoms with Crippen LogP contribution in [0, 0.1) is 11.7 Å². The van der Waals surface area contributed by atoms with Gasteiger partial charge in [0.1, 0.15) is 11.6 Å². The zero-order valence-electron chi connectivity index (χ0n) is 11.1. The topological polar surface area (TPSA) is 62.5 Å². The maximum Gasteiger partial charge on any atom is 0.287 e. The number of nitrogens with one attached hydrogen (secondary N) is 1. The number of furan rings is 1. The molecule has 0 aliphatic heterocycles. The molecule has 2 N–H and O–H groups in total. The molecule has 0 aliphatic carbocycles. The van der Waals surface area contributed by atoms with Crippen molar-refractivity contribution < 1.29 is 18.7 Å². The van der Waals surface area contributed by atoms with Crippen molar-refractivity contribution >= 4 is 5.91 Å². The Morgan fingerprint density at radius 1 is 1.30 bits per heavy atom. The van der Waals surface area contributed by atoms with E-state index >= 15 is 0 Å². The van der Waals surface area contributed by atoms with E-state index in [1.807, 2.05) is 6.92 Å². The maximum atomic E-state index is 12.8. The van der Waals surface area contributed by atoms with Gasteiger partial charge in [0, 0.05) is 18.7 Å². The van der Waals surface area contributed by atoms with Crippen LogP contribution in [-0.4, -0.2) is 24.2 Å². The largest absolute Gasteiger partial charge is 0.451 e. The molecule has 4 nitrogen and oxygen atoms in total. The summed E-state index contributed by atoms with van der Waals surface area (Å²) in [6.07, 6.45) is 0. The van der Waals surface area contributed by atoms with Crippen LogP contribution in [0.25, 0.3) is 11.3 Å². The Balaban J connectivity index is 2.05. The quantitative estimate of drug-likeness (QED) is 0.882. The van der Waals surface area contributed by atoms with Crippen LogP contribution < -0.4 is 5.32 Å². The van der Waals surface area contributed by atoms with Crippen molar-refractivity contribution in [1.82, 2.24) is 5.32 Å². The number of hydrogen-bond acceptors (Lipinski definition) is 3. The lowest BCUT2D eigenvalue weighted by molar-refractivity contribution is 0.0915. The Hall–Kier alpha value is -2.14. The van der Waals surface area contributed by atoms with E-state index in [1.54, 1.807) is 24.3 Å². The van der Waals surface area contributed by atoms with Crippen molar-refractivity contribution in [3.05, 3.63) is 48.0 Å². The zero-order chi connectivity index (χ0) is 14.5. The molecule has 0 radical (unpaired) electrons. The zero-order valence-corrected chi connectivity index (χ0v) is 11.1. The summed E-state index contributed by atoms with van der Waals surface area (Å²) in [5.74, 6) is 0.0280. The van der Waals surface area contributed by atoms with E-state index in [-0.39, 0.29) is 30.0 Å². The van der Waals surface area contributed by atoms with Gasteiger partial charge in [0.2, 0.25) is 0 Å². The summed E-state index contributed by atoms with van der Waals surface area (Å²) >= 11 is 0. The highest BCUT2D eigenvalue weighted by Gasteiger charge is 2.13. The van der Waals surface area contributed by atoms with Gasteiger partial charge < -0.3 is 14.8 Å². The molecule has 0 bridgehead atoms. The number of rotatable bonds is 5. The van der Waals surface area contributed by atoms with Gasteiger partial charge in [-0.3, -0.25) is 4.79 Å². The molecule has 2 aromatic rings. The van der Waals surface area contributed by atoms with Crippen molar-refractivity contribution in [2.24, 2.45) is 5.92 Å². The molecular weight excluding hydrogens is 261 g/mol. The fourth-order valence-electron chi connectivity index (χ4n) is 1.65. The summed E-state index contributed by atoms with van der Waals surface area (Å²) < 4.78 is 18.3. The molecular formula is C15H16FNO3. The van der Waals surface area contributed by atoms with Gasteiger partial charge in [0.15, 0.2) is 5.76 Å². The Labute approximate surface area is 116 Å². The molecule has 1 heterocycles. The number of carbonyl (C=O) groups is 1. The van der Waals surface area contributed by atoms with Crippen LogP contribution in [0.3, 0.4) is 0 Å².